The first-order valence-electron chi connectivity index (χ1n) is 2.97. The molecule has 0 bridgehead atoms. The van der Waals surface area contributed by atoms with Gasteiger partial charge in [0.1, 0.15) is 6.67 Å². The van der Waals surface area contributed by atoms with Gasteiger partial charge >= 0.3 is 0 Å². The fourth-order valence-electron chi connectivity index (χ4n) is 0.842. The van der Waals surface area contributed by atoms with Crippen molar-refractivity contribution in [2.45, 2.75) is 0 Å². The quantitative estimate of drug-likeness (QED) is 0.589. The zero-order valence-corrected chi connectivity index (χ0v) is 5.18. The van der Waals surface area contributed by atoms with Crippen LogP contribution in [-0.4, -0.2) is 36.4 Å². The Morgan fingerprint density at radius 2 is 2.44 bits per heavy atom. The first kappa shape index (κ1) is 6.55. The third-order valence-electron chi connectivity index (χ3n) is 1.33. The summed E-state index contributed by atoms with van der Waals surface area (Å²) in [6, 6.07) is 0. The Hall–Kier alpha value is -0.570. The minimum absolute atomic E-state index is 0.149. The molecule has 1 aliphatic heterocycles. The van der Waals surface area contributed by atoms with E-state index in [-0.39, 0.29) is 13.3 Å². The number of alkyl halides is 1. The van der Waals surface area contributed by atoms with Crippen LogP contribution in [0.15, 0.2) is 11.8 Å². The third kappa shape index (κ3) is 1.42. The fourth-order valence-corrected chi connectivity index (χ4v) is 0.842. The molecule has 0 saturated heterocycles. The molecule has 0 saturated carbocycles. The molecule has 0 radical (unpaired) electrons. The smallest absolute Gasteiger partial charge is 0.114 e. The Bertz CT molecular complexity index is 124. The molecule has 0 atom stereocenters. The van der Waals surface area contributed by atoms with Crippen LogP contribution in [0.4, 0.5) is 4.39 Å². The van der Waals surface area contributed by atoms with Crippen LogP contribution in [0.5, 0.6) is 0 Å². The van der Waals surface area contributed by atoms with Crippen molar-refractivity contribution in [3.63, 3.8) is 0 Å². The molecule has 0 aliphatic carbocycles. The number of halogens is 1. The zero-order chi connectivity index (χ0) is 6.69. The second-order valence-electron chi connectivity index (χ2n) is 2.12. The second kappa shape index (κ2) is 2.82. The molecule has 0 unspecified atom stereocenters. The summed E-state index contributed by atoms with van der Waals surface area (Å²) in [5.74, 6) is 0. The number of aliphatic hydroxyl groups excluding tert-OH is 1. The van der Waals surface area contributed by atoms with Gasteiger partial charge in [0.25, 0.3) is 0 Å². The van der Waals surface area contributed by atoms with Crippen LogP contribution >= 0.6 is 0 Å². The third-order valence-corrected chi connectivity index (χ3v) is 1.33. The monoisotopic (exact) mass is 131 g/mol. The van der Waals surface area contributed by atoms with Crippen LogP contribution in [0, 0.1) is 0 Å². The highest BCUT2D eigenvalue weighted by Crippen LogP contribution is 2.11. The lowest BCUT2D eigenvalue weighted by atomic mass is 10.2. The summed E-state index contributed by atoms with van der Waals surface area (Å²) in [6.07, 6.45) is 1.75. The van der Waals surface area contributed by atoms with Crippen molar-refractivity contribution in [3.8, 4) is 0 Å². The molecule has 1 rings (SSSR count). The molecule has 3 heteroatoms. The first-order valence-corrected chi connectivity index (χ1v) is 2.97. The van der Waals surface area contributed by atoms with Crippen molar-refractivity contribution in [1.29, 1.82) is 0 Å². The predicted molar refractivity (Wildman–Crippen MR) is 32.7 cm³/mol. The van der Waals surface area contributed by atoms with E-state index in [1.807, 2.05) is 4.90 Å². The van der Waals surface area contributed by atoms with Crippen molar-refractivity contribution in [2.75, 3.05) is 26.4 Å². The standard InChI is InChI=1S/C6H10FNO/c7-3-6-4-8(5-6)1-2-9/h4,9H,1-3,5H2. The Morgan fingerprint density at radius 1 is 1.78 bits per heavy atom. The van der Waals surface area contributed by atoms with Crippen LogP contribution in [-0.2, 0) is 0 Å². The zero-order valence-electron chi connectivity index (χ0n) is 5.18. The van der Waals surface area contributed by atoms with Gasteiger partial charge in [-0.15, -0.1) is 0 Å². The number of hydrogen-bond acceptors (Lipinski definition) is 2. The summed E-state index contributed by atoms with van der Waals surface area (Å²) >= 11 is 0. The maximum atomic E-state index is 11.7. The van der Waals surface area contributed by atoms with Crippen molar-refractivity contribution in [3.05, 3.63) is 11.8 Å². The topological polar surface area (TPSA) is 23.5 Å². The molecule has 0 fully saturated rings. The number of β-amino-alcohol motifs (C(OH)–C–C–N with tert-alkyl or cyclic N) is 1. The summed E-state index contributed by atoms with van der Waals surface area (Å²) in [5.41, 5.74) is 0.823. The molecule has 1 N–H and O–H groups in total. The summed E-state index contributed by atoms with van der Waals surface area (Å²) in [6.45, 7) is 1.12. The molecule has 1 heterocycles. The molecule has 0 aromatic rings. The maximum Gasteiger partial charge on any atom is 0.114 e. The van der Waals surface area contributed by atoms with E-state index in [1.165, 1.54) is 0 Å². The lowest BCUT2D eigenvalue weighted by Gasteiger charge is -2.29. The van der Waals surface area contributed by atoms with E-state index < -0.39 is 0 Å². The molecule has 52 valence electrons. The molecule has 0 aromatic carbocycles. The lowest BCUT2D eigenvalue weighted by molar-refractivity contribution is 0.225. The summed E-state index contributed by atoms with van der Waals surface area (Å²) in [7, 11) is 0. The van der Waals surface area contributed by atoms with Gasteiger partial charge in [-0.1, -0.05) is 0 Å². The van der Waals surface area contributed by atoms with Crippen LogP contribution in [0.3, 0.4) is 0 Å². The van der Waals surface area contributed by atoms with E-state index in [4.69, 9.17) is 5.11 Å². The van der Waals surface area contributed by atoms with Crippen LogP contribution in [0.2, 0.25) is 0 Å². The molecule has 1 aliphatic rings. The Balaban J connectivity index is 2.17. The van der Waals surface area contributed by atoms with E-state index in [0.717, 1.165) is 5.57 Å². The Labute approximate surface area is 53.6 Å². The van der Waals surface area contributed by atoms with Gasteiger partial charge in [-0.25, -0.2) is 4.39 Å². The van der Waals surface area contributed by atoms with E-state index >= 15 is 0 Å². The van der Waals surface area contributed by atoms with Gasteiger partial charge in [0.05, 0.1) is 6.61 Å². The molecule has 0 amide bonds. The van der Waals surface area contributed by atoms with Gasteiger partial charge in [-0.3, -0.25) is 0 Å². The Kier molecular flexibility index (Phi) is 2.05. The van der Waals surface area contributed by atoms with Crippen LogP contribution < -0.4 is 0 Å². The number of aliphatic hydroxyl groups is 1. The number of hydrogen-bond donors (Lipinski definition) is 1. The van der Waals surface area contributed by atoms with Gasteiger partial charge in [-0.2, -0.15) is 0 Å². The highest BCUT2D eigenvalue weighted by Gasteiger charge is 2.12. The van der Waals surface area contributed by atoms with Crippen LogP contribution in [0.25, 0.3) is 0 Å². The minimum Gasteiger partial charge on any atom is -0.395 e. The lowest BCUT2D eigenvalue weighted by Crippen LogP contribution is -2.32. The average Bonchev–Trinajstić information content (AvgIpc) is 1.77. The molecular formula is C6H10FNO. The van der Waals surface area contributed by atoms with Crippen molar-refractivity contribution in [1.82, 2.24) is 4.90 Å². The highest BCUT2D eigenvalue weighted by molar-refractivity contribution is 5.14. The van der Waals surface area contributed by atoms with Crippen LogP contribution in [0.1, 0.15) is 0 Å². The number of nitrogens with zero attached hydrogens (tertiary/aromatic N) is 1. The fraction of sp³-hybridized carbons (Fsp3) is 0.667. The average molecular weight is 131 g/mol. The van der Waals surface area contributed by atoms with Gasteiger partial charge in [0.15, 0.2) is 0 Å². The summed E-state index contributed by atoms with van der Waals surface area (Å²) in [5, 5.41) is 8.40. The molecule has 2 nitrogen and oxygen atoms in total. The second-order valence-corrected chi connectivity index (χ2v) is 2.12. The van der Waals surface area contributed by atoms with E-state index in [2.05, 4.69) is 0 Å². The van der Waals surface area contributed by atoms with E-state index in [9.17, 15) is 4.39 Å². The molecule has 0 spiro atoms. The SMILES string of the molecule is OCCN1C=C(CF)C1. The Morgan fingerprint density at radius 3 is 2.89 bits per heavy atom. The van der Waals surface area contributed by atoms with Crippen molar-refractivity contribution in [2.24, 2.45) is 0 Å². The minimum atomic E-state index is -0.345. The first-order chi connectivity index (χ1) is 4.36. The summed E-state index contributed by atoms with van der Waals surface area (Å²) < 4.78 is 11.7. The normalized spacial score (nSPS) is 17.1. The van der Waals surface area contributed by atoms with Gasteiger partial charge in [0, 0.05) is 19.3 Å². The maximum absolute atomic E-state index is 11.7. The van der Waals surface area contributed by atoms with E-state index in [0.29, 0.717) is 13.1 Å². The predicted octanol–water partition coefficient (Wildman–Crippen LogP) is 0.148. The van der Waals surface area contributed by atoms with Crippen molar-refractivity contribution < 1.29 is 9.50 Å². The largest absolute Gasteiger partial charge is 0.395 e. The highest BCUT2D eigenvalue weighted by atomic mass is 19.1. The van der Waals surface area contributed by atoms with Gasteiger partial charge in [-0.05, 0) is 5.57 Å². The van der Waals surface area contributed by atoms with Gasteiger partial charge < -0.3 is 10.0 Å². The van der Waals surface area contributed by atoms with Crippen molar-refractivity contribution >= 4 is 0 Å². The molecule has 9 heavy (non-hydrogen) atoms. The van der Waals surface area contributed by atoms with E-state index in [1.54, 1.807) is 6.20 Å². The molecule has 0 aromatic heterocycles. The number of rotatable bonds is 3. The van der Waals surface area contributed by atoms with Gasteiger partial charge in [0.2, 0.25) is 0 Å². The molecular weight excluding hydrogens is 121 g/mol. The summed E-state index contributed by atoms with van der Waals surface area (Å²) in [4.78, 5) is 1.88.